The van der Waals surface area contributed by atoms with Crippen molar-refractivity contribution in [1.82, 2.24) is 20.1 Å². The first-order valence-electron chi connectivity index (χ1n) is 10.6. The van der Waals surface area contributed by atoms with Crippen LogP contribution in [-0.4, -0.2) is 33.8 Å². The van der Waals surface area contributed by atoms with Gasteiger partial charge >= 0.3 is 5.97 Å². The number of ether oxygens (including phenoxy) is 1. The molecule has 2 aromatic carbocycles. The highest BCUT2D eigenvalue weighted by Crippen LogP contribution is 2.42. The van der Waals surface area contributed by atoms with Crippen LogP contribution in [0.15, 0.2) is 77.4 Å². The lowest BCUT2D eigenvalue weighted by Crippen LogP contribution is -2.40. The van der Waals surface area contributed by atoms with Gasteiger partial charge in [-0.2, -0.15) is 5.10 Å². The Balaban J connectivity index is 1.77. The maximum atomic E-state index is 13.1. The number of methoxy groups -OCH3 is 1. The standard InChI is InChI=1S/C25H25N5O4/c1-25(2)19-21(20(27-29(3)23(19)32)16-11-7-5-8-12-16)28-30(25)15-18(24(33)34-4)26-22(31)17-13-9-6-10-14-17/h5-15,28H,1-4H3,(H,26,31)/b18-15+. The highest BCUT2D eigenvalue weighted by molar-refractivity contribution is 6.01. The lowest BCUT2D eigenvalue weighted by Gasteiger charge is -2.30. The summed E-state index contributed by atoms with van der Waals surface area (Å²) in [4.78, 5) is 38.3. The number of amides is 1. The maximum Gasteiger partial charge on any atom is 0.356 e. The number of aromatic nitrogens is 2. The number of esters is 1. The van der Waals surface area contributed by atoms with E-state index in [0.29, 0.717) is 22.5 Å². The predicted molar refractivity (Wildman–Crippen MR) is 127 cm³/mol. The molecule has 0 unspecified atom stereocenters. The van der Waals surface area contributed by atoms with Gasteiger partial charge in [0.2, 0.25) is 0 Å². The van der Waals surface area contributed by atoms with Crippen LogP contribution in [0.2, 0.25) is 0 Å². The Morgan fingerprint density at radius 2 is 1.68 bits per heavy atom. The van der Waals surface area contributed by atoms with Crippen LogP contribution in [0.4, 0.5) is 5.69 Å². The molecule has 1 aliphatic rings. The number of carbonyl (C=O) groups excluding carboxylic acids is 2. The van der Waals surface area contributed by atoms with Gasteiger partial charge < -0.3 is 10.1 Å². The number of hydrogen-bond acceptors (Lipinski definition) is 7. The third-order valence-corrected chi connectivity index (χ3v) is 5.69. The SMILES string of the molecule is COC(=O)/C(=C\N1Nc2c(-c3ccccc3)nn(C)c(=O)c2C1(C)C)NC(=O)c1ccccc1. The fraction of sp³-hybridized carbons (Fsp3) is 0.200. The van der Waals surface area contributed by atoms with E-state index in [4.69, 9.17) is 4.74 Å². The molecule has 9 heteroatoms. The number of nitrogens with one attached hydrogen (secondary N) is 2. The van der Waals surface area contributed by atoms with Gasteiger partial charge in [0.15, 0.2) is 0 Å². The fourth-order valence-corrected chi connectivity index (χ4v) is 3.84. The van der Waals surface area contributed by atoms with E-state index in [1.807, 2.05) is 44.2 Å². The molecule has 2 heterocycles. The van der Waals surface area contributed by atoms with Crippen LogP contribution in [-0.2, 0) is 22.1 Å². The second-order valence-corrected chi connectivity index (χ2v) is 8.29. The molecule has 0 atom stereocenters. The summed E-state index contributed by atoms with van der Waals surface area (Å²) in [5, 5.41) is 8.68. The van der Waals surface area contributed by atoms with Crippen molar-refractivity contribution in [3.8, 4) is 11.3 Å². The average molecular weight is 460 g/mol. The molecule has 0 saturated heterocycles. The molecule has 9 nitrogen and oxygen atoms in total. The minimum atomic E-state index is -0.882. The van der Waals surface area contributed by atoms with Gasteiger partial charge in [-0.15, -0.1) is 0 Å². The summed E-state index contributed by atoms with van der Waals surface area (Å²) in [7, 11) is 2.83. The lowest BCUT2D eigenvalue weighted by atomic mass is 9.94. The number of rotatable bonds is 5. The summed E-state index contributed by atoms with van der Waals surface area (Å²) >= 11 is 0. The van der Waals surface area contributed by atoms with Crippen LogP contribution in [0.3, 0.4) is 0 Å². The smallest absolute Gasteiger partial charge is 0.356 e. The molecular formula is C25H25N5O4. The number of hydrazine groups is 1. The van der Waals surface area contributed by atoms with Gasteiger partial charge in [0.25, 0.3) is 11.5 Å². The molecule has 1 amide bonds. The van der Waals surface area contributed by atoms with E-state index in [9.17, 15) is 14.4 Å². The number of fused-ring (bicyclic) bond motifs is 1. The van der Waals surface area contributed by atoms with Gasteiger partial charge in [-0.1, -0.05) is 48.5 Å². The molecule has 0 aliphatic carbocycles. The van der Waals surface area contributed by atoms with Crippen molar-refractivity contribution in [2.75, 3.05) is 12.5 Å². The molecule has 0 spiro atoms. The summed E-state index contributed by atoms with van der Waals surface area (Å²) in [5.41, 5.74) is 4.80. The topological polar surface area (TPSA) is 106 Å². The normalized spacial score (nSPS) is 14.2. The summed E-state index contributed by atoms with van der Waals surface area (Å²) in [6.07, 6.45) is 1.43. The van der Waals surface area contributed by atoms with Crippen molar-refractivity contribution in [2.45, 2.75) is 19.4 Å². The molecule has 174 valence electrons. The van der Waals surface area contributed by atoms with Crippen molar-refractivity contribution in [3.05, 3.63) is 94.0 Å². The number of carbonyl (C=O) groups is 2. The molecule has 0 radical (unpaired) electrons. The van der Waals surface area contributed by atoms with E-state index in [2.05, 4.69) is 15.8 Å². The van der Waals surface area contributed by atoms with Gasteiger partial charge in [-0.05, 0) is 26.0 Å². The molecule has 3 aromatic rings. The van der Waals surface area contributed by atoms with E-state index in [0.717, 1.165) is 5.56 Å². The predicted octanol–water partition coefficient (Wildman–Crippen LogP) is 2.77. The van der Waals surface area contributed by atoms with E-state index < -0.39 is 17.4 Å². The number of benzene rings is 2. The molecule has 0 fully saturated rings. The monoisotopic (exact) mass is 459 g/mol. The minimum absolute atomic E-state index is 0.0872. The molecule has 1 aromatic heterocycles. The molecule has 0 saturated carbocycles. The minimum Gasteiger partial charge on any atom is -0.464 e. The Kier molecular flexibility index (Phi) is 5.93. The van der Waals surface area contributed by atoms with Crippen LogP contribution in [0, 0.1) is 0 Å². The van der Waals surface area contributed by atoms with Crippen molar-refractivity contribution < 1.29 is 14.3 Å². The zero-order valence-corrected chi connectivity index (χ0v) is 19.3. The van der Waals surface area contributed by atoms with Crippen molar-refractivity contribution in [3.63, 3.8) is 0 Å². The van der Waals surface area contributed by atoms with Gasteiger partial charge in [0.1, 0.15) is 11.4 Å². The van der Waals surface area contributed by atoms with Gasteiger partial charge in [0, 0.05) is 18.2 Å². The first-order chi connectivity index (χ1) is 16.2. The second kappa shape index (κ2) is 8.86. The molecule has 1 aliphatic heterocycles. The zero-order valence-electron chi connectivity index (χ0n) is 19.3. The number of anilines is 1. The van der Waals surface area contributed by atoms with Gasteiger partial charge in [-0.25, -0.2) is 9.48 Å². The average Bonchev–Trinajstić information content (AvgIpc) is 3.11. The Morgan fingerprint density at radius 3 is 2.29 bits per heavy atom. The summed E-state index contributed by atoms with van der Waals surface area (Å²) in [5.74, 6) is -1.19. The maximum absolute atomic E-state index is 13.1. The lowest BCUT2D eigenvalue weighted by molar-refractivity contribution is -0.136. The first-order valence-corrected chi connectivity index (χ1v) is 10.6. The van der Waals surface area contributed by atoms with Crippen LogP contribution >= 0.6 is 0 Å². The highest BCUT2D eigenvalue weighted by Gasteiger charge is 2.42. The fourth-order valence-electron chi connectivity index (χ4n) is 3.84. The van der Waals surface area contributed by atoms with Crippen molar-refractivity contribution >= 4 is 17.6 Å². The van der Waals surface area contributed by atoms with Crippen molar-refractivity contribution in [2.24, 2.45) is 7.05 Å². The van der Waals surface area contributed by atoms with E-state index >= 15 is 0 Å². The van der Waals surface area contributed by atoms with Crippen LogP contribution in [0.25, 0.3) is 11.3 Å². The quantitative estimate of drug-likeness (QED) is 0.446. The van der Waals surface area contributed by atoms with Gasteiger partial charge in [-0.3, -0.25) is 20.0 Å². The van der Waals surface area contributed by atoms with E-state index in [1.165, 1.54) is 18.0 Å². The second-order valence-electron chi connectivity index (χ2n) is 8.29. The third-order valence-electron chi connectivity index (χ3n) is 5.69. The Morgan fingerprint density at radius 1 is 1.06 bits per heavy atom. The molecule has 4 rings (SSSR count). The van der Waals surface area contributed by atoms with Crippen LogP contribution in [0.5, 0.6) is 0 Å². The first kappa shape index (κ1) is 22.8. The number of nitrogens with zero attached hydrogens (tertiary/aromatic N) is 3. The highest BCUT2D eigenvalue weighted by atomic mass is 16.5. The number of aryl methyl sites for hydroxylation is 1. The van der Waals surface area contributed by atoms with Crippen molar-refractivity contribution in [1.29, 1.82) is 0 Å². The van der Waals surface area contributed by atoms with E-state index in [-0.39, 0.29) is 11.3 Å². The number of hydrogen-bond donors (Lipinski definition) is 2. The Labute approximate surface area is 196 Å². The van der Waals surface area contributed by atoms with Crippen LogP contribution in [0.1, 0.15) is 29.8 Å². The Bertz CT molecular complexity index is 1330. The summed E-state index contributed by atoms with van der Waals surface area (Å²) in [6.45, 7) is 3.68. The molecule has 2 N–H and O–H groups in total. The summed E-state index contributed by atoms with van der Waals surface area (Å²) in [6, 6.07) is 18.0. The van der Waals surface area contributed by atoms with Crippen LogP contribution < -0.4 is 16.3 Å². The molecule has 0 bridgehead atoms. The third kappa shape index (κ3) is 4.03. The summed E-state index contributed by atoms with van der Waals surface area (Å²) < 4.78 is 6.19. The molecule has 34 heavy (non-hydrogen) atoms. The Hall–Kier alpha value is -4.40. The molecular weight excluding hydrogens is 434 g/mol. The van der Waals surface area contributed by atoms with Gasteiger partial charge in [0.05, 0.1) is 30.1 Å². The van der Waals surface area contributed by atoms with E-state index in [1.54, 1.807) is 42.4 Å². The largest absolute Gasteiger partial charge is 0.464 e. The zero-order chi connectivity index (χ0) is 24.5.